The topological polar surface area (TPSA) is 102 Å². The standard InChI is InChI=1S/C9H15N5O2/c1-14-5-4-11-7(14)6-13-9(16)8(15)12-3-2-10/h4-5H,2-3,6,10H2,1H3,(H,12,15)(H,13,16). The maximum Gasteiger partial charge on any atom is 0.309 e. The monoisotopic (exact) mass is 225 g/mol. The van der Waals surface area contributed by atoms with Crippen LogP contribution in [0.3, 0.4) is 0 Å². The first-order valence-corrected chi connectivity index (χ1v) is 4.87. The van der Waals surface area contributed by atoms with Crippen LogP contribution in [0.25, 0.3) is 0 Å². The molecule has 0 saturated heterocycles. The lowest BCUT2D eigenvalue weighted by atomic mass is 10.5. The van der Waals surface area contributed by atoms with Gasteiger partial charge in [0.1, 0.15) is 5.82 Å². The molecule has 0 saturated carbocycles. The van der Waals surface area contributed by atoms with Crippen molar-refractivity contribution in [1.29, 1.82) is 0 Å². The number of aromatic nitrogens is 2. The van der Waals surface area contributed by atoms with E-state index >= 15 is 0 Å². The molecule has 7 nitrogen and oxygen atoms in total. The molecular formula is C9H15N5O2. The lowest BCUT2D eigenvalue weighted by molar-refractivity contribution is -0.139. The van der Waals surface area contributed by atoms with Crippen LogP contribution >= 0.6 is 0 Å². The Hall–Kier alpha value is -1.89. The predicted octanol–water partition coefficient (Wildman–Crippen LogP) is -1.89. The summed E-state index contributed by atoms with van der Waals surface area (Å²) < 4.78 is 1.76. The SMILES string of the molecule is Cn1ccnc1CNC(=O)C(=O)NCCN. The van der Waals surface area contributed by atoms with Crippen LogP contribution in [0.2, 0.25) is 0 Å². The van der Waals surface area contributed by atoms with Crippen LogP contribution in [0.4, 0.5) is 0 Å². The third kappa shape index (κ3) is 3.35. The molecule has 0 radical (unpaired) electrons. The van der Waals surface area contributed by atoms with Crippen molar-refractivity contribution in [2.75, 3.05) is 13.1 Å². The largest absolute Gasteiger partial charge is 0.347 e. The highest BCUT2D eigenvalue weighted by molar-refractivity contribution is 6.35. The zero-order chi connectivity index (χ0) is 12.0. The number of nitrogens with one attached hydrogen (secondary N) is 2. The Bertz CT molecular complexity index is 374. The van der Waals surface area contributed by atoms with Crippen LogP contribution in [0.5, 0.6) is 0 Å². The second-order valence-electron chi connectivity index (χ2n) is 3.18. The molecule has 0 aliphatic heterocycles. The number of hydrogen-bond acceptors (Lipinski definition) is 4. The third-order valence-corrected chi connectivity index (χ3v) is 1.96. The molecule has 0 spiro atoms. The Morgan fingerprint density at radius 3 is 2.69 bits per heavy atom. The molecule has 0 aliphatic rings. The zero-order valence-electron chi connectivity index (χ0n) is 9.06. The average molecular weight is 225 g/mol. The number of amides is 2. The Balaban J connectivity index is 2.35. The molecule has 0 unspecified atom stereocenters. The van der Waals surface area contributed by atoms with Gasteiger partial charge >= 0.3 is 11.8 Å². The van der Waals surface area contributed by atoms with Gasteiger partial charge in [-0.2, -0.15) is 0 Å². The molecule has 0 aliphatic carbocycles. The first kappa shape index (κ1) is 12.2. The molecule has 0 fully saturated rings. The van der Waals surface area contributed by atoms with E-state index in [9.17, 15) is 9.59 Å². The minimum atomic E-state index is -0.684. The van der Waals surface area contributed by atoms with Gasteiger partial charge in [0.05, 0.1) is 6.54 Å². The fourth-order valence-electron chi connectivity index (χ4n) is 1.07. The summed E-state index contributed by atoms with van der Waals surface area (Å²) in [7, 11) is 1.81. The molecule has 1 aromatic rings. The van der Waals surface area contributed by atoms with Crippen molar-refractivity contribution in [3.05, 3.63) is 18.2 Å². The maximum atomic E-state index is 11.3. The molecule has 2 amide bonds. The molecule has 16 heavy (non-hydrogen) atoms. The molecule has 1 aromatic heterocycles. The Morgan fingerprint density at radius 1 is 1.44 bits per heavy atom. The lowest BCUT2D eigenvalue weighted by Crippen LogP contribution is -2.41. The number of hydrogen-bond donors (Lipinski definition) is 3. The molecule has 0 atom stereocenters. The average Bonchev–Trinajstić information content (AvgIpc) is 2.68. The molecule has 0 bridgehead atoms. The third-order valence-electron chi connectivity index (χ3n) is 1.96. The summed E-state index contributed by atoms with van der Waals surface area (Å²) in [6, 6.07) is 0. The van der Waals surface area contributed by atoms with Gasteiger partial charge in [0.15, 0.2) is 0 Å². The van der Waals surface area contributed by atoms with Crippen molar-refractivity contribution in [1.82, 2.24) is 20.2 Å². The molecule has 7 heteroatoms. The van der Waals surface area contributed by atoms with Gasteiger partial charge in [-0.05, 0) is 0 Å². The van der Waals surface area contributed by atoms with Crippen LogP contribution in [-0.2, 0) is 23.2 Å². The maximum absolute atomic E-state index is 11.3. The molecule has 0 aromatic carbocycles. The Labute approximate surface area is 93.0 Å². The van der Waals surface area contributed by atoms with E-state index in [0.717, 1.165) is 0 Å². The fourth-order valence-corrected chi connectivity index (χ4v) is 1.07. The van der Waals surface area contributed by atoms with E-state index in [2.05, 4.69) is 15.6 Å². The summed E-state index contributed by atoms with van der Waals surface area (Å²) >= 11 is 0. The van der Waals surface area contributed by atoms with Crippen molar-refractivity contribution in [3.8, 4) is 0 Å². The van der Waals surface area contributed by atoms with Crippen molar-refractivity contribution < 1.29 is 9.59 Å². The number of nitrogens with two attached hydrogens (primary N) is 1. The van der Waals surface area contributed by atoms with Crippen LogP contribution in [0.15, 0.2) is 12.4 Å². The summed E-state index contributed by atoms with van der Waals surface area (Å²) in [5.41, 5.74) is 5.19. The van der Waals surface area contributed by atoms with Gasteiger partial charge in [-0.25, -0.2) is 4.98 Å². The molecule has 4 N–H and O–H groups in total. The summed E-state index contributed by atoms with van der Waals surface area (Å²) in [6.45, 7) is 0.811. The smallest absolute Gasteiger partial charge is 0.309 e. The second-order valence-corrected chi connectivity index (χ2v) is 3.18. The van der Waals surface area contributed by atoms with E-state index < -0.39 is 11.8 Å². The zero-order valence-corrected chi connectivity index (χ0v) is 9.06. The van der Waals surface area contributed by atoms with Crippen LogP contribution < -0.4 is 16.4 Å². The number of carbonyl (C=O) groups is 2. The highest BCUT2D eigenvalue weighted by Gasteiger charge is 2.12. The highest BCUT2D eigenvalue weighted by Crippen LogP contribution is 1.92. The van der Waals surface area contributed by atoms with Gasteiger partial charge < -0.3 is 20.9 Å². The number of nitrogens with zero attached hydrogens (tertiary/aromatic N) is 2. The number of carbonyl (C=O) groups excluding carboxylic acids is 2. The molecular weight excluding hydrogens is 210 g/mol. The molecule has 1 rings (SSSR count). The van der Waals surface area contributed by atoms with E-state index in [1.807, 2.05) is 7.05 Å². The quantitative estimate of drug-likeness (QED) is 0.521. The molecule has 1 heterocycles. The Morgan fingerprint density at radius 2 is 2.12 bits per heavy atom. The fraction of sp³-hybridized carbons (Fsp3) is 0.444. The summed E-state index contributed by atoms with van der Waals surface area (Å²) in [5.74, 6) is -0.684. The first-order valence-electron chi connectivity index (χ1n) is 4.87. The van der Waals surface area contributed by atoms with E-state index in [0.29, 0.717) is 12.4 Å². The number of aryl methyl sites for hydroxylation is 1. The van der Waals surface area contributed by atoms with E-state index in [4.69, 9.17) is 5.73 Å². The molecule has 88 valence electrons. The van der Waals surface area contributed by atoms with Gasteiger partial charge in [0.2, 0.25) is 0 Å². The second kappa shape index (κ2) is 5.86. The van der Waals surface area contributed by atoms with Crippen molar-refractivity contribution in [3.63, 3.8) is 0 Å². The minimum absolute atomic E-state index is 0.221. The first-order chi connectivity index (χ1) is 7.65. The van der Waals surface area contributed by atoms with E-state index in [1.165, 1.54) is 0 Å². The number of imidazole rings is 1. The van der Waals surface area contributed by atoms with Crippen molar-refractivity contribution in [2.24, 2.45) is 12.8 Å². The summed E-state index contributed by atoms with van der Waals surface area (Å²) in [6.07, 6.45) is 3.38. The Kier molecular flexibility index (Phi) is 4.46. The summed E-state index contributed by atoms with van der Waals surface area (Å²) in [4.78, 5) is 26.4. The van der Waals surface area contributed by atoms with Crippen LogP contribution in [0, 0.1) is 0 Å². The summed E-state index contributed by atoms with van der Waals surface area (Å²) in [5, 5.41) is 4.83. The normalized spacial score (nSPS) is 9.88. The van der Waals surface area contributed by atoms with E-state index in [-0.39, 0.29) is 13.1 Å². The van der Waals surface area contributed by atoms with Crippen LogP contribution in [-0.4, -0.2) is 34.5 Å². The van der Waals surface area contributed by atoms with Gasteiger partial charge in [-0.3, -0.25) is 9.59 Å². The highest BCUT2D eigenvalue weighted by atomic mass is 16.2. The van der Waals surface area contributed by atoms with Crippen molar-refractivity contribution in [2.45, 2.75) is 6.54 Å². The minimum Gasteiger partial charge on any atom is -0.347 e. The van der Waals surface area contributed by atoms with Gasteiger partial charge in [0.25, 0.3) is 0 Å². The predicted molar refractivity (Wildman–Crippen MR) is 57.1 cm³/mol. The lowest BCUT2D eigenvalue weighted by Gasteiger charge is -2.05. The van der Waals surface area contributed by atoms with Gasteiger partial charge in [-0.1, -0.05) is 0 Å². The number of rotatable bonds is 4. The van der Waals surface area contributed by atoms with Crippen molar-refractivity contribution >= 4 is 11.8 Å². The van der Waals surface area contributed by atoms with E-state index in [1.54, 1.807) is 17.0 Å². The van der Waals surface area contributed by atoms with Gasteiger partial charge in [0, 0.05) is 32.5 Å². The van der Waals surface area contributed by atoms with Crippen LogP contribution in [0.1, 0.15) is 5.82 Å². The van der Waals surface area contributed by atoms with Gasteiger partial charge in [-0.15, -0.1) is 0 Å².